The molecule has 20 heavy (non-hydrogen) atoms. The van der Waals surface area contributed by atoms with Crippen LogP contribution in [0.15, 0.2) is 24.3 Å². The van der Waals surface area contributed by atoms with Crippen molar-refractivity contribution in [1.82, 2.24) is 9.55 Å². The van der Waals surface area contributed by atoms with Gasteiger partial charge in [0.1, 0.15) is 17.3 Å². The van der Waals surface area contributed by atoms with Gasteiger partial charge in [0.25, 0.3) is 0 Å². The van der Waals surface area contributed by atoms with Gasteiger partial charge in [0.05, 0.1) is 0 Å². The van der Waals surface area contributed by atoms with E-state index in [1.807, 2.05) is 12.1 Å². The Kier molecular flexibility index (Phi) is 3.89. The first-order chi connectivity index (χ1) is 9.36. The highest BCUT2D eigenvalue weighted by molar-refractivity contribution is 5.73. The van der Waals surface area contributed by atoms with Crippen molar-refractivity contribution in [2.45, 2.75) is 53.0 Å². The summed E-state index contributed by atoms with van der Waals surface area (Å²) in [7, 11) is 0. The average Bonchev–Trinajstić information content (AvgIpc) is 2.68. The summed E-state index contributed by atoms with van der Waals surface area (Å²) in [6.07, 6.45) is 1.05. The first-order valence-corrected chi connectivity index (χ1v) is 7.28. The lowest BCUT2D eigenvalue weighted by molar-refractivity contribution is 0.498. The predicted molar refractivity (Wildman–Crippen MR) is 85.8 cm³/mol. The molecule has 0 spiro atoms. The van der Waals surface area contributed by atoms with E-state index >= 15 is 0 Å². The summed E-state index contributed by atoms with van der Waals surface area (Å²) in [4.78, 5) is 4.87. The maximum absolute atomic E-state index is 6.39. The number of benzene rings is 1. The van der Waals surface area contributed by atoms with Crippen LogP contribution in [0.25, 0.3) is 11.3 Å². The molecule has 0 fully saturated rings. The molecule has 0 unspecified atom stereocenters. The van der Waals surface area contributed by atoms with Gasteiger partial charge >= 0.3 is 0 Å². The first kappa shape index (κ1) is 14.6. The number of nitrogens with zero attached hydrogens (tertiary/aromatic N) is 2. The fourth-order valence-electron chi connectivity index (χ4n) is 2.52. The number of aryl methyl sites for hydroxylation is 1. The lowest BCUT2D eigenvalue weighted by Gasteiger charge is -2.19. The van der Waals surface area contributed by atoms with Gasteiger partial charge < -0.3 is 10.3 Å². The van der Waals surface area contributed by atoms with E-state index in [-0.39, 0.29) is 5.41 Å². The highest BCUT2D eigenvalue weighted by Gasteiger charge is 2.25. The largest absolute Gasteiger partial charge is 0.383 e. The molecular weight excluding hydrogens is 246 g/mol. The zero-order valence-corrected chi connectivity index (χ0v) is 13.2. The van der Waals surface area contributed by atoms with Crippen LogP contribution in [0.4, 0.5) is 5.82 Å². The van der Waals surface area contributed by atoms with E-state index in [0.717, 1.165) is 35.9 Å². The Hall–Kier alpha value is -1.77. The van der Waals surface area contributed by atoms with E-state index in [0.29, 0.717) is 0 Å². The molecule has 2 N–H and O–H groups in total. The molecule has 0 amide bonds. The van der Waals surface area contributed by atoms with Crippen molar-refractivity contribution in [3.63, 3.8) is 0 Å². The van der Waals surface area contributed by atoms with Crippen LogP contribution in [-0.4, -0.2) is 9.55 Å². The molecule has 0 saturated heterocycles. The molecule has 0 saturated carbocycles. The molecule has 0 aliphatic carbocycles. The predicted octanol–water partition coefficient (Wildman–Crippen LogP) is 4.15. The lowest BCUT2D eigenvalue weighted by Crippen LogP contribution is -2.19. The summed E-state index contributed by atoms with van der Waals surface area (Å²) in [5.41, 5.74) is 9.64. The van der Waals surface area contributed by atoms with Gasteiger partial charge in [-0.25, -0.2) is 4.98 Å². The first-order valence-electron chi connectivity index (χ1n) is 7.28. The molecule has 0 aliphatic rings. The fourth-order valence-corrected chi connectivity index (χ4v) is 2.52. The number of aromatic nitrogens is 2. The van der Waals surface area contributed by atoms with Crippen LogP contribution in [0.3, 0.4) is 0 Å². The second kappa shape index (κ2) is 5.31. The van der Waals surface area contributed by atoms with E-state index in [2.05, 4.69) is 51.3 Å². The Morgan fingerprint density at radius 2 is 1.85 bits per heavy atom. The summed E-state index contributed by atoms with van der Waals surface area (Å²) in [6.45, 7) is 11.7. The Morgan fingerprint density at radius 3 is 2.40 bits per heavy atom. The number of anilines is 1. The van der Waals surface area contributed by atoms with E-state index in [1.165, 1.54) is 5.56 Å². The Balaban J connectivity index is 2.65. The summed E-state index contributed by atoms with van der Waals surface area (Å²) < 4.78 is 2.17. The molecule has 1 aromatic heterocycles. The van der Waals surface area contributed by atoms with Crippen molar-refractivity contribution in [3.8, 4) is 11.3 Å². The summed E-state index contributed by atoms with van der Waals surface area (Å²) in [5.74, 6) is 1.85. The van der Waals surface area contributed by atoms with Crippen LogP contribution in [0.5, 0.6) is 0 Å². The summed E-state index contributed by atoms with van der Waals surface area (Å²) >= 11 is 0. The average molecular weight is 271 g/mol. The summed E-state index contributed by atoms with van der Waals surface area (Å²) in [6, 6.07) is 8.28. The number of hydrogen-bond acceptors (Lipinski definition) is 2. The molecule has 2 rings (SSSR count). The standard InChI is InChI=1S/C17H25N3/c1-6-11-20-15(18)14(19-16(20)17(3,4)5)13-10-8-7-9-12(13)2/h7-10H,6,11,18H2,1-5H3. The van der Waals surface area contributed by atoms with Gasteiger partial charge in [-0.15, -0.1) is 0 Å². The zero-order chi connectivity index (χ0) is 14.9. The Labute approximate surface area is 121 Å². The van der Waals surface area contributed by atoms with Crippen LogP contribution >= 0.6 is 0 Å². The molecule has 0 atom stereocenters. The molecule has 0 radical (unpaired) electrons. The van der Waals surface area contributed by atoms with Crippen molar-refractivity contribution < 1.29 is 0 Å². The Bertz CT molecular complexity index is 603. The minimum Gasteiger partial charge on any atom is -0.383 e. The second-order valence-corrected chi connectivity index (χ2v) is 6.39. The van der Waals surface area contributed by atoms with E-state index in [4.69, 9.17) is 10.7 Å². The van der Waals surface area contributed by atoms with Crippen LogP contribution in [-0.2, 0) is 12.0 Å². The van der Waals surface area contributed by atoms with Gasteiger partial charge in [-0.1, -0.05) is 52.0 Å². The molecular formula is C17H25N3. The SMILES string of the molecule is CCCn1c(C(C)(C)C)nc(-c2ccccc2C)c1N. The van der Waals surface area contributed by atoms with Gasteiger partial charge in [-0.2, -0.15) is 0 Å². The maximum Gasteiger partial charge on any atom is 0.131 e. The molecule has 3 nitrogen and oxygen atoms in total. The van der Waals surface area contributed by atoms with Crippen molar-refractivity contribution in [1.29, 1.82) is 0 Å². The fraction of sp³-hybridized carbons (Fsp3) is 0.471. The van der Waals surface area contributed by atoms with Crippen LogP contribution in [0.1, 0.15) is 45.5 Å². The van der Waals surface area contributed by atoms with E-state index in [9.17, 15) is 0 Å². The van der Waals surface area contributed by atoms with Crippen molar-refractivity contribution in [3.05, 3.63) is 35.7 Å². The second-order valence-electron chi connectivity index (χ2n) is 6.39. The zero-order valence-electron chi connectivity index (χ0n) is 13.2. The van der Waals surface area contributed by atoms with Gasteiger partial charge in [0, 0.05) is 17.5 Å². The highest BCUT2D eigenvalue weighted by Crippen LogP contribution is 2.33. The minimum absolute atomic E-state index is 0.00970. The van der Waals surface area contributed by atoms with Gasteiger partial charge in [0.2, 0.25) is 0 Å². The topological polar surface area (TPSA) is 43.8 Å². The van der Waals surface area contributed by atoms with Crippen molar-refractivity contribution in [2.24, 2.45) is 0 Å². The molecule has 108 valence electrons. The summed E-state index contributed by atoms with van der Waals surface area (Å²) in [5, 5.41) is 0. The van der Waals surface area contributed by atoms with Crippen molar-refractivity contribution >= 4 is 5.82 Å². The third kappa shape index (κ3) is 2.58. The van der Waals surface area contributed by atoms with Crippen LogP contribution in [0.2, 0.25) is 0 Å². The quantitative estimate of drug-likeness (QED) is 0.911. The van der Waals surface area contributed by atoms with Crippen LogP contribution < -0.4 is 5.73 Å². The molecule has 1 heterocycles. The third-order valence-corrected chi connectivity index (χ3v) is 3.53. The molecule has 0 bridgehead atoms. The Morgan fingerprint density at radius 1 is 1.20 bits per heavy atom. The monoisotopic (exact) mass is 271 g/mol. The molecule has 2 aromatic rings. The lowest BCUT2D eigenvalue weighted by atomic mass is 9.95. The minimum atomic E-state index is -0.00970. The van der Waals surface area contributed by atoms with E-state index < -0.39 is 0 Å². The number of nitrogen functional groups attached to an aromatic ring is 1. The molecule has 0 aliphatic heterocycles. The third-order valence-electron chi connectivity index (χ3n) is 3.53. The number of hydrogen-bond donors (Lipinski definition) is 1. The number of rotatable bonds is 3. The molecule has 1 aromatic carbocycles. The normalized spacial score (nSPS) is 11.8. The van der Waals surface area contributed by atoms with Crippen molar-refractivity contribution in [2.75, 3.05) is 5.73 Å². The molecule has 3 heteroatoms. The highest BCUT2D eigenvalue weighted by atomic mass is 15.1. The smallest absolute Gasteiger partial charge is 0.131 e. The van der Waals surface area contributed by atoms with Gasteiger partial charge in [-0.05, 0) is 18.9 Å². The maximum atomic E-state index is 6.39. The van der Waals surface area contributed by atoms with Gasteiger partial charge in [-0.3, -0.25) is 0 Å². The van der Waals surface area contributed by atoms with Gasteiger partial charge in [0.15, 0.2) is 0 Å². The van der Waals surface area contributed by atoms with E-state index in [1.54, 1.807) is 0 Å². The number of imidazole rings is 1. The van der Waals surface area contributed by atoms with Crippen LogP contribution in [0, 0.1) is 6.92 Å². The number of nitrogens with two attached hydrogens (primary N) is 1.